The molecule has 0 saturated carbocycles. The number of aromatic nitrogens is 1. The van der Waals surface area contributed by atoms with Crippen molar-refractivity contribution < 1.29 is 0 Å². The van der Waals surface area contributed by atoms with E-state index in [1.807, 2.05) is 18.2 Å². The SMILES string of the molecule is CC(CNc1cccc(C#N)n1)N1CCCC1. The van der Waals surface area contributed by atoms with Crippen molar-refractivity contribution >= 4 is 5.82 Å². The summed E-state index contributed by atoms with van der Waals surface area (Å²) in [6, 6.07) is 8.04. The minimum atomic E-state index is 0.462. The predicted molar refractivity (Wildman–Crippen MR) is 67.7 cm³/mol. The van der Waals surface area contributed by atoms with Crippen LogP contribution in [0.3, 0.4) is 0 Å². The summed E-state index contributed by atoms with van der Waals surface area (Å²) in [6.07, 6.45) is 2.62. The van der Waals surface area contributed by atoms with E-state index >= 15 is 0 Å². The topological polar surface area (TPSA) is 52.0 Å². The molecule has 1 aliphatic heterocycles. The van der Waals surface area contributed by atoms with Crippen LogP contribution in [0.5, 0.6) is 0 Å². The molecule has 1 N–H and O–H groups in total. The zero-order valence-corrected chi connectivity index (χ0v) is 10.2. The molecule has 4 heteroatoms. The molecule has 0 amide bonds. The van der Waals surface area contributed by atoms with Crippen molar-refractivity contribution in [2.75, 3.05) is 25.0 Å². The lowest BCUT2D eigenvalue weighted by atomic mass is 10.3. The van der Waals surface area contributed by atoms with Crippen molar-refractivity contribution in [3.63, 3.8) is 0 Å². The maximum atomic E-state index is 8.76. The van der Waals surface area contributed by atoms with Crippen molar-refractivity contribution in [2.24, 2.45) is 0 Å². The van der Waals surface area contributed by atoms with Gasteiger partial charge in [0, 0.05) is 12.6 Å². The van der Waals surface area contributed by atoms with Gasteiger partial charge >= 0.3 is 0 Å². The monoisotopic (exact) mass is 230 g/mol. The fourth-order valence-electron chi connectivity index (χ4n) is 2.16. The zero-order chi connectivity index (χ0) is 12.1. The number of hydrogen-bond donors (Lipinski definition) is 1. The number of nitriles is 1. The predicted octanol–water partition coefficient (Wildman–Crippen LogP) is 1.85. The summed E-state index contributed by atoms with van der Waals surface area (Å²) >= 11 is 0. The molecule has 2 heterocycles. The van der Waals surface area contributed by atoms with Gasteiger partial charge < -0.3 is 5.32 Å². The van der Waals surface area contributed by atoms with Crippen molar-refractivity contribution in [2.45, 2.75) is 25.8 Å². The van der Waals surface area contributed by atoms with Crippen LogP contribution in [0, 0.1) is 11.3 Å². The zero-order valence-electron chi connectivity index (χ0n) is 10.2. The normalized spacial score (nSPS) is 17.6. The van der Waals surface area contributed by atoms with Gasteiger partial charge in [-0.1, -0.05) is 6.07 Å². The summed E-state index contributed by atoms with van der Waals surface area (Å²) < 4.78 is 0. The lowest BCUT2D eigenvalue weighted by Gasteiger charge is -2.24. The Kier molecular flexibility index (Phi) is 3.94. The van der Waals surface area contributed by atoms with E-state index in [1.165, 1.54) is 25.9 Å². The number of likely N-dealkylation sites (tertiary alicyclic amines) is 1. The fourth-order valence-corrected chi connectivity index (χ4v) is 2.16. The third-order valence-corrected chi connectivity index (χ3v) is 3.21. The molecule has 1 unspecified atom stereocenters. The van der Waals surface area contributed by atoms with Gasteiger partial charge in [-0.05, 0) is 45.0 Å². The van der Waals surface area contributed by atoms with Crippen molar-refractivity contribution in [3.8, 4) is 6.07 Å². The van der Waals surface area contributed by atoms with Crippen molar-refractivity contribution in [3.05, 3.63) is 23.9 Å². The molecule has 1 aliphatic rings. The average Bonchev–Trinajstić information content (AvgIpc) is 2.90. The van der Waals surface area contributed by atoms with Gasteiger partial charge in [-0.2, -0.15) is 5.26 Å². The van der Waals surface area contributed by atoms with Crippen LogP contribution >= 0.6 is 0 Å². The van der Waals surface area contributed by atoms with Crippen molar-refractivity contribution in [1.29, 1.82) is 5.26 Å². The number of rotatable bonds is 4. The second-order valence-electron chi connectivity index (χ2n) is 4.49. The lowest BCUT2D eigenvalue weighted by molar-refractivity contribution is 0.269. The van der Waals surface area contributed by atoms with E-state index in [9.17, 15) is 0 Å². The standard InChI is InChI=1S/C13H18N4/c1-11(17-7-2-3-8-17)10-15-13-6-4-5-12(9-14)16-13/h4-6,11H,2-3,7-8,10H2,1H3,(H,15,16). The first-order valence-corrected chi connectivity index (χ1v) is 6.14. The van der Waals surface area contributed by atoms with E-state index in [1.54, 1.807) is 6.07 Å². The Balaban J connectivity index is 1.86. The molecule has 1 aromatic heterocycles. The molecule has 0 aromatic carbocycles. The summed E-state index contributed by atoms with van der Waals surface area (Å²) in [5.74, 6) is 0.787. The van der Waals surface area contributed by atoms with E-state index in [4.69, 9.17) is 5.26 Å². The minimum absolute atomic E-state index is 0.462. The summed E-state index contributed by atoms with van der Waals surface area (Å²) in [5.41, 5.74) is 0.462. The molecule has 90 valence electrons. The van der Waals surface area contributed by atoms with Crippen LogP contribution in [-0.2, 0) is 0 Å². The van der Waals surface area contributed by atoms with Crippen LogP contribution in [-0.4, -0.2) is 35.6 Å². The maximum Gasteiger partial charge on any atom is 0.142 e. The summed E-state index contributed by atoms with van der Waals surface area (Å²) in [7, 11) is 0. The molecule has 1 saturated heterocycles. The summed E-state index contributed by atoms with van der Waals surface area (Å²) in [6.45, 7) is 5.51. The Labute approximate surface area is 102 Å². The van der Waals surface area contributed by atoms with Crippen LogP contribution < -0.4 is 5.32 Å². The van der Waals surface area contributed by atoms with E-state index in [0.29, 0.717) is 11.7 Å². The Morgan fingerprint density at radius 2 is 2.24 bits per heavy atom. The Bertz CT molecular complexity index is 404. The first-order valence-electron chi connectivity index (χ1n) is 6.14. The maximum absolute atomic E-state index is 8.76. The Hall–Kier alpha value is -1.60. The van der Waals surface area contributed by atoms with Crippen LogP contribution in [0.25, 0.3) is 0 Å². The number of anilines is 1. The van der Waals surface area contributed by atoms with E-state index in [2.05, 4.69) is 22.1 Å². The molecule has 0 radical (unpaired) electrons. The van der Waals surface area contributed by atoms with Gasteiger partial charge in [0.2, 0.25) is 0 Å². The number of nitrogens with zero attached hydrogens (tertiary/aromatic N) is 3. The van der Waals surface area contributed by atoms with Gasteiger partial charge in [0.15, 0.2) is 0 Å². The van der Waals surface area contributed by atoms with Crippen LogP contribution in [0.4, 0.5) is 5.82 Å². The average molecular weight is 230 g/mol. The molecular formula is C13H18N4. The Morgan fingerprint density at radius 3 is 2.94 bits per heavy atom. The van der Waals surface area contributed by atoms with Gasteiger partial charge in [0.1, 0.15) is 17.6 Å². The Morgan fingerprint density at radius 1 is 1.47 bits per heavy atom. The van der Waals surface area contributed by atoms with E-state index < -0.39 is 0 Å². The molecule has 17 heavy (non-hydrogen) atoms. The van der Waals surface area contributed by atoms with Crippen LogP contribution in [0.15, 0.2) is 18.2 Å². The third-order valence-electron chi connectivity index (χ3n) is 3.21. The van der Waals surface area contributed by atoms with E-state index in [-0.39, 0.29) is 0 Å². The molecule has 0 aliphatic carbocycles. The number of pyridine rings is 1. The first-order chi connectivity index (χ1) is 8.29. The molecule has 2 rings (SSSR count). The van der Waals surface area contributed by atoms with Gasteiger partial charge in [-0.25, -0.2) is 4.98 Å². The molecule has 0 spiro atoms. The van der Waals surface area contributed by atoms with E-state index in [0.717, 1.165) is 12.4 Å². The third kappa shape index (κ3) is 3.18. The quantitative estimate of drug-likeness (QED) is 0.857. The minimum Gasteiger partial charge on any atom is -0.368 e. The van der Waals surface area contributed by atoms with Gasteiger partial charge in [-0.15, -0.1) is 0 Å². The number of hydrogen-bond acceptors (Lipinski definition) is 4. The van der Waals surface area contributed by atoms with Gasteiger partial charge in [-0.3, -0.25) is 4.90 Å². The highest BCUT2D eigenvalue weighted by molar-refractivity contribution is 5.38. The number of nitrogens with one attached hydrogen (secondary N) is 1. The van der Waals surface area contributed by atoms with Crippen LogP contribution in [0.2, 0.25) is 0 Å². The van der Waals surface area contributed by atoms with Crippen molar-refractivity contribution in [1.82, 2.24) is 9.88 Å². The smallest absolute Gasteiger partial charge is 0.142 e. The lowest BCUT2D eigenvalue weighted by Crippen LogP contribution is -2.35. The highest BCUT2D eigenvalue weighted by Crippen LogP contribution is 2.12. The summed E-state index contributed by atoms with van der Waals surface area (Å²) in [5, 5.41) is 12.1. The summed E-state index contributed by atoms with van der Waals surface area (Å²) in [4.78, 5) is 6.69. The molecule has 1 aromatic rings. The highest BCUT2D eigenvalue weighted by Gasteiger charge is 2.17. The largest absolute Gasteiger partial charge is 0.368 e. The fraction of sp³-hybridized carbons (Fsp3) is 0.538. The van der Waals surface area contributed by atoms with Gasteiger partial charge in [0.25, 0.3) is 0 Å². The molecular weight excluding hydrogens is 212 g/mol. The molecule has 1 atom stereocenters. The second kappa shape index (κ2) is 5.65. The van der Waals surface area contributed by atoms with Crippen LogP contribution in [0.1, 0.15) is 25.5 Å². The van der Waals surface area contributed by atoms with Gasteiger partial charge in [0.05, 0.1) is 0 Å². The molecule has 1 fully saturated rings. The first kappa shape index (κ1) is 11.9. The second-order valence-corrected chi connectivity index (χ2v) is 4.49. The molecule has 0 bridgehead atoms. The highest BCUT2D eigenvalue weighted by atomic mass is 15.2. The molecule has 4 nitrogen and oxygen atoms in total.